The monoisotopic (exact) mass is 393 g/mol. The lowest BCUT2D eigenvalue weighted by Crippen LogP contribution is -2.15. The van der Waals surface area contributed by atoms with Crippen LogP contribution < -0.4 is 5.32 Å². The Balaban J connectivity index is 1.74. The van der Waals surface area contributed by atoms with Crippen LogP contribution in [0.3, 0.4) is 0 Å². The maximum absolute atomic E-state index is 12.3. The van der Waals surface area contributed by atoms with Crippen molar-refractivity contribution in [3.63, 3.8) is 0 Å². The van der Waals surface area contributed by atoms with Crippen molar-refractivity contribution < 1.29 is 4.79 Å². The molecule has 0 unspecified atom stereocenters. The Morgan fingerprint density at radius 3 is 2.67 bits per heavy atom. The summed E-state index contributed by atoms with van der Waals surface area (Å²) >= 11 is 7.32. The van der Waals surface area contributed by atoms with Crippen molar-refractivity contribution in [3.05, 3.63) is 76.8 Å². The first-order valence-electron chi connectivity index (χ1n) is 8.23. The number of carbonyl (C=O) groups is 1. The Morgan fingerprint density at radius 2 is 1.93 bits per heavy atom. The lowest BCUT2D eigenvalue weighted by Gasteiger charge is -2.10. The highest BCUT2D eigenvalue weighted by atomic mass is 35.5. The summed E-state index contributed by atoms with van der Waals surface area (Å²) in [6, 6.07) is 20.8. The molecule has 1 amide bonds. The van der Waals surface area contributed by atoms with Crippen LogP contribution in [0.2, 0.25) is 5.02 Å². The van der Waals surface area contributed by atoms with E-state index < -0.39 is 0 Å². The van der Waals surface area contributed by atoms with Gasteiger partial charge in [0.2, 0.25) is 5.91 Å². The average Bonchev–Trinajstić information content (AvgIpc) is 2.70. The molecule has 0 radical (unpaired) electrons. The van der Waals surface area contributed by atoms with Crippen molar-refractivity contribution in [2.75, 3.05) is 11.1 Å². The quantitative estimate of drug-likeness (QED) is 0.596. The second-order valence-corrected chi connectivity index (χ2v) is 7.15. The Labute approximate surface area is 167 Å². The molecule has 0 atom stereocenters. The predicted molar refractivity (Wildman–Crippen MR) is 110 cm³/mol. The van der Waals surface area contributed by atoms with E-state index in [-0.39, 0.29) is 11.7 Å². The predicted octanol–water partition coefficient (Wildman–Crippen LogP) is 5.31. The zero-order chi connectivity index (χ0) is 19.2. The fraction of sp³-hybridized carbons (Fsp3) is 0.0952. The molecule has 1 aromatic heterocycles. The van der Waals surface area contributed by atoms with E-state index in [1.165, 1.54) is 11.8 Å². The summed E-state index contributed by atoms with van der Waals surface area (Å²) in [7, 11) is 0. The molecule has 0 saturated heterocycles. The number of thioether (sulfide) groups is 1. The van der Waals surface area contributed by atoms with E-state index >= 15 is 0 Å². The lowest BCUT2D eigenvalue weighted by molar-refractivity contribution is -0.113. The molecule has 3 aromatic rings. The molecule has 0 bridgehead atoms. The molecule has 1 heterocycles. The molecule has 0 fully saturated rings. The van der Waals surface area contributed by atoms with Gasteiger partial charge in [0.25, 0.3) is 0 Å². The molecule has 0 aliphatic heterocycles. The number of aromatic nitrogens is 1. The van der Waals surface area contributed by atoms with Crippen LogP contribution >= 0.6 is 23.4 Å². The molecule has 0 aliphatic carbocycles. The zero-order valence-electron chi connectivity index (χ0n) is 14.6. The standard InChI is InChI=1S/C21H16ClN3OS/c1-14-17(22)8-5-9-18(14)24-20(26)13-27-21-16(12-23)10-11-19(25-21)15-6-3-2-4-7-15/h2-11H,13H2,1H3,(H,24,26). The normalized spacial score (nSPS) is 10.3. The number of hydrogen-bond donors (Lipinski definition) is 1. The van der Waals surface area contributed by atoms with Crippen LogP contribution in [0.25, 0.3) is 11.3 Å². The molecule has 134 valence electrons. The third kappa shape index (κ3) is 4.68. The van der Waals surface area contributed by atoms with Gasteiger partial charge < -0.3 is 5.32 Å². The summed E-state index contributed by atoms with van der Waals surface area (Å²) in [4.78, 5) is 16.9. The number of amides is 1. The van der Waals surface area contributed by atoms with Crippen LogP contribution in [-0.4, -0.2) is 16.6 Å². The van der Waals surface area contributed by atoms with E-state index in [9.17, 15) is 10.1 Å². The Hall–Kier alpha value is -2.81. The molecule has 6 heteroatoms. The summed E-state index contributed by atoms with van der Waals surface area (Å²) in [5.41, 5.74) is 3.68. The largest absolute Gasteiger partial charge is 0.325 e. The maximum Gasteiger partial charge on any atom is 0.234 e. The topological polar surface area (TPSA) is 65.8 Å². The minimum Gasteiger partial charge on any atom is -0.325 e. The van der Waals surface area contributed by atoms with Gasteiger partial charge in [-0.25, -0.2) is 4.98 Å². The smallest absolute Gasteiger partial charge is 0.234 e. The lowest BCUT2D eigenvalue weighted by atomic mass is 10.1. The second-order valence-electron chi connectivity index (χ2n) is 5.78. The fourth-order valence-corrected chi connectivity index (χ4v) is 3.41. The van der Waals surface area contributed by atoms with Crippen molar-refractivity contribution in [2.45, 2.75) is 11.9 Å². The third-order valence-corrected chi connectivity index (χ3v) is 5.33. The minimum absolute atomic E-state index is 0.145. The summed E-state index contributed by atoms with van der Waals surface area (Å²) in [6.45, 7) is 1.85. The van der Waals surface area contributed by atoms with Crippen molar-refractivity contribution in [3.8, 4) is 17.3 Å². The molecule has 3 rings (SSSR count). The Bertz CT molecular complexity index is 1020. The second kappa shape index (κ2) is 8.72. The number of pyridine rings is 1. The molecule has 0 aliphatic rings. The highest BCUT2D eigenvalue weighted by Crippen LogP contribution is 2.26. The Morgan fingerprint density at radius 1 is 1.15 bits per heavy atom. The van der Waals surface area contributed by atoms with Gasteiger partial charge in [0, 0.05) is 16.3 Å². The van der Waals surface area contributed by atoms with Crippen molar-refractivity contribution >= 4 is 35.0 Å². The van der Waals surface area contributed by atoms with E-state index in [4.69, 9.17) is 11.6 Å². The van der Waals surface area contributed by atoms with E-state index in [2.05, 4.69) is 16.4 Å². The van der Waals surface area contributed by atoms with Gasteiger partial charge in [-0.3, -0.25) is 4.79 Å². The number of halogens is 1. The molecule has 4 nitrogen and oxygen atoms in total. The van der Waals surface area contributed by atoms with E-state index in [1.54, 1.807) is 24.3 Å². The van der Waals surface area contributed by atoms with Crippen LogP contribution in [0.15, 0.2) is 65.7 Å². The van der Waals surface area contributed by atoms with Gasteiger partial charge in [0.15, 0.2) is 0 Å². The SMILES string of the molecule is Cc1c(Cl)cccc1NC(=O)CSc1nc(-c2ccccc2)ccc1C#N. The highest BCUT2D eigenvalue weighted by Gasteiger charge is 2.12. The average molecular weight is 394 g/mol. The van der Waals surface area contributed by atoms with Crippen LogP contribution in [0.5, 0.6) is 0 Å². The molecule has 0 saturated carbocycles. The number of rotatable bonds is 5. The number of anilines is 1. The van der Waals surface area contributed by atoms with Crippen LogP contribution in [0, 0.1) is 18.3 Å². The molecule has 2 aromatic carbocycles. The van der Waals surface area contributed by atoms with Crippen LogP contribution in [0.4, 0.5) is 5.69 Å². The summed E-state index contributed by atoms with van der Waals surface area (Å²) in [5.74, 6) is -0.0348. The van der Waals surface area contributed by atoms with Crippen molar-refractivity contribution in [2.24, 2.45) is 0 Å². The first kappa shape index (κ1) is 19.0. The first-order valence-corrected chi connectivity index (χ1v) is 9.59. The summed E-state index contributed by atoms with van der Waals surface area (Å²) < 4.78 is 0. The van der Waals surface area contributed by atoms with Gasteiger partial charge >= 0.3 is 0 Å². The van der Waals surface area contributed by atoms with E-state index in [0.717, 1.165) is 16.8 Å². The molecule has 0 spiro atoms. The molecule has 27 heavy (non-hydrogen) atoms. The van der Waals surface area contributed by atoms with Gasteiger partial charge in [-0.15, -0.1) is 0 Å². The van der Waals surface area contributed by atoms with Gasteiger partial charge in [-0.1, -0.05) is 59.8 Å². The van der Waals surface area contributed by atoms with Gasteiger partial charge in [0.05, 0.1) is 17.0 Å². The molecular formula is C21H16ClN3OS. The number of nitrogens with one attached hydrogen (secondary N) is 1. The number of carbonyl (C=O) groups excluding carboxylic acids is 1. The maximum atomic E-state index is 12.3. The summed E-state index contributed by atoms with van der Waals surface area (Å²) in [6.07, 6.45) is 0. The van der Waals surface area contributed by atoms with Gasteiger partial charge in [0.1, 0.15) is 11.1 Å². The number of hydrogen-bond acceptors (Lipinski definition) is 4. The van der Waals surface area contributed by atoms with Crippen LogP contribution in [0.1, 0.15) is 11.1 Å². The van der Waals surface area contributed by atoms with Crippen molar-refractivity contribution in [1.82, 2.24) is 4.98 Å². The fourth-order valence-electron chi connectivity index (χ4n) is 2.47. The van der Waals surface area contributed by atoms with Crippen molar-refractivity contribution in [1.29, 1.82) is 5.26 Å². The first-order chi connectivity index (χ1) is 13.1. The zero-order valence-corrected chi connectivity index (χ0v) is 16.1. The third-order valence-electron chi connectivity index (χ3n) is 3.93. The van der Waals surface area contributed by atoms with E-state index in [0.29, 0.717) is 21.3 Å². The van der Waals surface area contributed by atoms with Crippen LogP contribution in [-0.2, 0) is 4.79 Å². The number of nitriles is 1. The van der Waals surface area contributed by atoms with E-state index in [1.807, 2.05) is 43.3 Å². The molecule has 1 N–H and O–H groups in total. The Kier molecular flexibility index (Phi) is 6.12. The van der Waals surface area contributed by atoms with Gasteiger partial charge in [-0.05, 0) is 36.8 Å². The molecular weight excluding hydrogens is 378 g/mol. The van der Waals surface area contributed by atoms with Gasteiger partial charge in [-0.2, -0.15) is 5.26 Å². The number of benzene rings is 2. The summed E-state index contributed by atoms with van der Waals surface area (Å²) in [5, 5.41) is 13.3. The number of nitrogens with zero attached hydrogens (tertiary/aromatic N) is 2. The highest BCUT2D eigenvalue weighted by molar-refractivity contribution is 8.00. The minimum atomic E-state index is -0.179.